The van der Waals surface area contributed by atoms with Crippen LogP contribution in [0, 0.1) is 23.7 Å². The van der Waals surface area contributed by atoms with Crippen LogP contribution in [0.3, 0.4) is 0 Å². The molecule has 2 fully saturated rings. The summed E-state index contributed by atoms with van der Waals surface area (Å²) in [6.45, 7) is 8.83. The number of ether oxygens (including phenoxy) is 1. The SMILES string of the molecule is CC1=CCC(SCCC(=O)OC(C)(C)C2CC3CC(C)CC(C3)C2)C=C1. The van der Waals surface area contributed by atoms with Gasteiger partial charge in [0, 0.05) is 11.0 Å². The fourth-order valence-corrected chi connectivity index (χ4v) is 6.31. The Morgan fingerprint density at radius 1 is 1.19 bits per heavy atom. The van der Waals surface area contributed by atoms with E-state index in [2.05, 4.69) is 45.9 Å². The highest BCUT2D eigenvalue weighted by molar-refractivity contribution is 8.00. The molecule has 0 spiro atoms. The molecular formula is C23H36O2S. The van der Waals surface area contributed by atoms with Crippen molar-refractivity contribution in [2.24, 2.45) is 23.7 Å². The van der Waals surface area contributed by atoms with Crippen LogP contribution in [-0.4, -0.2) is 22.6 Å². The molecule has 3 unspecified atom stereocenters. The molecule has 0 aromatic carbocycles. The third-order valence-electron chi connectivity index (χ3n) is 6.62. The molecule has 3 aliphatic rings. The van der Waals surface area contributed by atoms with Gasteiger partial charge in [-0.1, -0.05) is 30.7 Å². The Labute approximate surface area is 164 Å². The second-order valence-corrected chi connectivity index (χ2v) is 10.8. The van der Waals surface area contributed by atoms with Crippen LogP contribution in [0.25, 0.3) is 0 Å². The highest BCUT2D eigenvalue weighted by Crippen LogP contribution is 2.48. The first kappa shape index (κ1) is 20.0. The highest BCUT2D eigenvalue weighted by atomic mass is 32.2. The maximum Gasteiger partial charge on any atom is 0.307 e. The molecule has 26 heavy (non-hydrogen) atoms. The largest absolute Gasteiger partial charge is 0.459 e. The van der Waals surface area contributed by atoms with Gasteiger partial charge in [0.25, 0.3) is 0 Å². The van der Waals surface area contributed by atoms with Crippen molar-refractivity contribution in [1.29, 1.82) is 0 Å². The second-order valence-electron chi connectivity index (χ2n) is 9.49. The Morgan fingerprint density at radius 3 is 2.50 bits per heavy atom. The van der Waals surface area contributed by atoms with Crippen molar-refractivity contribution < 1.29 is 9.53 Å². The summed E-state index contributed by atoms with van der Waals surface area (Å²) in [5, 5.41) is 0.513. The Kier molecular flexibility index (Phi) is 6.59. The lowest BCUT2D eigenvalue weighted by molar-refractivity contribution is -0.164. The van der Waals surface area contributed by atoms with E-state index in [4.69, 9.17) is 4.74 Å². The predicted molar refractivity (Wildman–Crippen MR) is 111 cm³/mol. The minimum atomic E-state index is -0.316. The van der Waals surface area contributed by atoms with Crippen molar-refractivity contribution in [3.8, 4) is 0 Å². The first-order valence-electron chi connectivity index (χ1n) is 10.5. The molecule has 0 amide bonds. The van der Waals surface area contributed by atoms with Gasteiger partial charge in [0.2, 0.25) is 0 Å². The summed E-state index contributed by atoms with van der Waals surface area (Å²) in [5.74, 6) is 3.96. The van der Waals surface area contributed by atoms with Gasteiger partial charge in [-0.25, -0.2) is 0 Å². The van der Waals surface area contributed by atoms with E-state index in [0.717, 1.165) is 29.9 Å². The average Bonchev–Trinajstić information content (AvgIpc) is 2.55. The summed E-state index contributed by atoms with van der Waals surface area (Å²) in [5.41, 5.74) is 1.03. The summed E-state index contributed by atoms with van der Waals surface area (Å²) in [7, 11) is 0. The zero-order valence-electron chi connectivity index (χ0n) is 17.0. The smallest absolute Gasteiger partial charge is 0.307 e. The van der Waals surface area contributed by atoms with E-state index in [1.54, 1.807) is 0 Å². The fourth-order valence-electron chi connectivity index (χ4n) is 5.30. The summed E-state index contributed by atoms with van der Waals surface area (Å²) >= 11 is 1.87. The number of hydrogen-bond donors (Lipinski definition) is 0. The van der Waals surface area contributed by atoms with E-state index in [0.29, 0.717) is 17.6 Å². The average molecular weight is 377 g/mol. The lowest BCUT2D eigenvalue weighted by Crippen LogP contribution is -2.43. The third kappa shape index (κ3) is 5.41. The van der Waals surface area contributed by atoms with Gasteiger partial charge in [0.05, 0.1) is 6.42 Å². The van der Waals surface area contributed by atoms with E-state index < -0.39 is 0 Å². The number of carbonyl (C=O) groups excluding carboxylic acids is 1. The maximum absolute atomic E-state index is 12.4. The first-order valence-corrected chi connectivity index (χ1v) is 11.5. The van der Waals surface area contributed by atoms with Crippen LogP contribution in [0.5, 0.6) is 0 Å². The predicted octanol–water partition coefficient (Wildman–Crippen LogP) is 6.17. The van der Waals surface area contributed by atoms with Crippen molar-refractivity contribution in [2.45, 2.75) is 83.5 Å². The zero-order chi connectivity index (χ0) is 18.7. The molecule has 0 aromatic rings. The molecule has 0 radical (unpaired) electrons. The lowest BCUT2D eigenvalue weighted by Gasteiger charge is -2.46. The Balaban J connectivity index is 1.42. The van der Waals surface area contributed by atoms with Gasteiger partial charge >= 0.3 is 5.97 Å². The molecule has 0 heterocycles. The van der Waals surface area contributed by atoms with Gasteiger partial charge in [-0.05, 0) is 83.0 Å². The van der Waals surface area contributed by atoms with Crippen LogP contribution in [0.1, 0.15) is 72.6 Å². The van der Waals surface area contributed by atoms with Crippen LogP contribution < -0.4 is 0 Å². The second kappa shape index (κ2) is 8.54. The quantitative estimate of drug-likeness (QED) is 0.519. The summed E-state index contributed by atoms with van der Waals surface area (Å²) in [4.78, 5) is 12.4. The number of rotatable bonds is 6. The van der Waals surface area contributed by atoms with Gasteiger partial charge in [-0.2, -0.15) is 11.8 Å². The van der Waals surface area contributed by atoms with Crippen LogP contribution in [-0.2, 0) is 9.53 Å². The Bertz CT molecular complexity index is 545. The van der Waals surface area contributed by atoms with Crippen molar-refractivity contribution in [3.05, 3.63) is 23.8 Å². The molecule has 2 bridgehead atoms. The normalized spacial score (nSPS) is 34.3. The fraction of sp³-hybridized carbons (Fsp3) is 0.783. The Hall–Kier alpha value is -0.700. The summed E-state index contributed by atoms with van der Waals surface area (Å²) in [6, 6.07) is 0. The molecule has 3 heteroatoms. The molecule has 0 saturated heterocycles. The van der Waals surface area contributed by atoms with Gasteiger partial charge in [0.15, 0.2) is 0 Å². The molecule has 146 valence electrons. The van der Waals surface area contributed by atoms with E-state index in [1.807, 2.05) is 11.8 Å². The standard InChI is InChI=1S/C23H36O2S/c1-16-5-7-21(8-6-16)26-10-9-22(24)25-23(3,4)20-14-18-11-17(2)12-19(13-18)15-20/h5-7,17-21H,8-15H2,1-4H3. The molecule has 3 rings (SSSR count). The molecule has 2 nitrogen and oxygen atoms in total. The van der Waals surface area contributed by atoms with Crippen LogP contribution in [0.2, 0.25) is 0 Å². The number of thioether (sulfide) groups is 1. The molecule has 3 aliphatic carbocycles. The van der Waals surface area contributed by atoms with Gasteiger partial charge in [-0.3, -0.25) is 4.79 Å². The van der Waals surface area contributed by atoms with Crippen LogP contribution >= 0.6 is 11.8 Å². The first-order chi connectivity index (χ1) is 12.3. The van der Waals surface area contributed by atoms with Crippen LogP contribution in [0.15, 0.2) is 23.8 Å². The number of carbonyl (C=O) groups is 1. The van der Waals surface area contributed by atoms with Crippen molar-refractivity contribution in [3.63, 3.8) is 0 Å². The van der Waals surface area contributed by atoms with Crippen molar-refractivity contribution in [2.75, 3.05) is 5.75 Å². The molecular weight excluding hydrogens is 340 g/mol. The van der Waals surface area contributed by atoms with Crippen molar-refractivity contribution in [1.82, 2.24) is 0 Å². The minimum Gasteiger partial charge on any atom is -0.459 e. The lowest BCUT2D eigenvalue weighted by atomic mass is 9.62. The monoisotopic (exact) mass is 376 g/mol. The maximum atomic E-state index is 12.4. The molecule has 3 atom stereocenters. The van der Waals surface area contributed by atoms with E-state index >= 15 is 0 Å². The number of hydrogen-bond acceptors (Lipinski definition) is 3. The van der Waals surface area contributed by atoms with E-state index in [1.165, 1.54) is 37.7 Å². The molecule has 2 saturated carbocycles. The summed E-state index contributed by atoms with van der Waals surface area (Å²) in [6.07, 6.45) is 15.0. The minimum absolute atomic E-state index is 0.0156. The zero-order valence-corrected chi connectivity index (χ0v) is 17.8. The molecule has 0 aromatic heterocycles. The van der Waals surface area contributed by atoms with E-state index in [9.17, 15) is 4.79 Å². The van der Waals surface area contributed by atoms with E-state index in [-0.39, 0.29) is 11.6 Å². The Morgan fingerprint density at radius 2 is 1.88 bits per heavy atom. The molecule has 0 aliphatic heterocycles. The third-order valence-corrected chi connectivity index (χ3v) is 7.84. The summed E-state index contributed by atoms with van der Waals surface area (Å²) < 4.78 is 5.99. The highest BCUT2D eigenvalue weighted by Gasteiger charge is 2.42. The van der Waals surface area contributed by atoms with Gasteiger partial charge in [0.1, 0.15) is 5.60 Å². The molecule has 0 N–H and O–H groups in total. The number of allylic oxidation sites excluding steroid dienone is 3. The van der Waals surface area contributed by atoms with Gasteiger partial charge in [-0.15, -0.1) is 0 Å². The van der Waals surface area contributed by atoms with Crippen LogP contribution in [0.4, 0.5) is 0 Å². The number of fused-ring (bicyclic) bond motifs is 2. The van der Waals surface area contributed by atoms with Crippen molar-refractivity contribution >= 4 is 17.7 Å². The number of esters is 1. The topological polar surface area (TPSA) is 26.3 Å². The van der Waals surface area contributed by atoms with Gasteiger partial charge < -0.3 is 4.74 Å².